The van der Waals surface area contributed by atoms with E-state index in [9.17, 15) is 0 Å². The highest BCUT2D eigenvalue weighted by Gasteiger charge is 2.41. The van der Waals surface area contributed by atoms with Crippen LogP contribution in [0.3, 0.4) is 0 Å². The molecule has 0 aliphatic carbocycles. The van der Waals surface area contributed by atoms with Crippen molar-refractivity contribution in [3.05, 3.63) is 81.8 Å². The van der Waals surface area contributed by atoms with Crippen LogP contribution < -0.4 is 10.2 Å². The van der Waals surface area contributed by atoms with Crippen LogP contribution in [0.2, 0.25) is 0 Å². The van der Waals surface area contributed by atoms with Crippen molar-refractivity contribution in [3.63, 3.8) is 0 Å². The molecule has 0 saturated carbocycles. The summed E-state index contributed by atoms with van der Waals surface area (Å²) in [5.41, 5.74) is 3.36. The molecular weight excluding hydrogens is 346 g/mol. The van der Waals surface area contributed by atoms with E-state index < -0.39 is 0 Å². The van der Waals surface area contributed by atoms with Crippen LogP contribution in [0, 0.1) is 13.8 Å². The second-order valence-corrected chi connectivity index (χ2v) is 7.99. The summed E-state index contributed by atoms with van der Waals surface area (Å²) in [5, 5.41) is 4.24. The molecule has 5 heteroatoms. The number of thiocarbonyl (C=S) groups is 1. The van der Waals surface area contributed by atoms with Crippen molar-refractivity contribution in [2.75, 3.05) is 4.90 Å². The van der Waals surface area contributed by atoms with E-state index in [1.807, 2.05) is 29.7 Å². The van der Waals surface area contributed by atoms with Gasteiger partial charge in [-0.2, -0.15) is 0 Å². The Kier molecular flexibility index (Phi) is 4.27. The van der Waals surface area contributed by atoms with Crippen molar-refractivity contribution in [1.82, 2.24) is 10.3 Å². The van der Waals surface area contributed by atoms with Gasteiger partial charge in [-0.05, 0) is 62.5 Å². The normalized spacial score (nSPS) is 19.9. The summed E-state index contributed by atoms with van der Waals surface area (Å²) in [6, 6.07) is 19.1. The number of aromatic nitrogens is 1. The molecule has 1 saturated heterocycles. The first-order chi connectivity index (χ1) is 12.1. The summed E-state index contributed by atoms with van der Waals surface area (Å²) in [6.45, 7) is 4.24. The number of hydrogen-bond acceptors (Lipinski definition) is 3. The Hall–Kier alpha value is -2.24. The third-order valence-electron chi connectivity index (χ3n) is 4.46. The van der Waals surface area contributed by atoms with E-state index in [-0.39, 0.29) is 12.1 Å². The number of aryl methyl sites for hydroxylation is 2. The molecule has 2 aromatic heterocycles. The Morgan fingerprint density at radius 1 is 1.04 bits per heavy atom. The molecule has 1 N–H and O–H groups in total. The summed E-state index contributed by atoms with van der Waals surface area (Å²) in [6.07, 6.45) is 1.84. The highest BCUT2D eigenvalue weighted by Crippen LogP contribution is 2.43. The zero-order valence-electron chi connectivity index (χ0n) is 14.1. The number of benzene rings is 1. The van der Waals surface area contributed by atoms with Gasteiger partial charge in [-0.3, -0.25) is 4.98 Å². The summed E-state index contributed by atoms with van der Waals surface area (Å²) in [7, 11) is 0. The molecule has 126 valence electrons. The lowest BCUT2D eigenvalue weighted by molar-refractivity contribution is 0.575. The predicted molar refractivity (Wildman–Crippen MR) is 108 cm³/mol. The lowest BCUT2D eigenvalue weighted by atomic mass is 10.0. The second kappa shape index (κ2) is 6.58. The van der Waals surface area contributed by atoms with Crippen LogP contribution in [0.15, 0.2) is 60.8 Å². The van der Waals surface area contributed by atoms with Crippen LogP contribution in [-0.2, 0) is 0 Å². The van der Waals surface area contributed by atoms with Gasteiger partial charge in [-0.25, -0.2) is 0 Å². The van der Waals surface area contributed by atoms with Gasteiger partial charge < -0.3 is 10.2 Å². The molecule has 0 amide bonds. The molecule has 3 heterocycles. The van der Waals surface area contributed by atoms with E-state index in [0.29, 0.717) is 0 Å². The average molecular weight is 366 g/mol. The van der Waals surface area contributed by atoms with Gasteiger partial charge >= 0.3 is 0 Å². The minimum atomic E-state index is 0.0352. The number of hydrogen-bond donors (Lipinski definition) is 1. The Balaban J connectivity index is 1.81. The first kappa shape index (κ1) is 16.2. The number of anilines is 1. The Labute approximate surface area is 157 Å². The maximum Gasteiger partial charge on any atom is 0.174 e. The van der Waals surface area contributed by atoms with Gasteiger partial charge in [0.05, 0.1) is 17.8 Å². The molecule has 3 nitrogen and oxygen atoms in total. The van der Waals surface area contributed by atoms with Gasteiger partial charge in [0.15, 0.2) is 5.11 Å². The van der Waals surface area contributed by atoms with Crippen molar-refractivity contribution < 1.29 is 0 Å². The average Bonchev–Trinajstić information content (AvgIpc) is 3.20. The zero-order valence-corrected chi connectivity index (χ0v) is 15.8. The summed E-state index contributed by atoms with van der Waals surface area (Å²) < 4.78 is 0. The van der Waals surface area contributed by atoms with Gasteiger partial charge in [0.1, 0.15) is 0 Å². The van der Waals surface area contributed by atoms with Crippen LogP contribution in [0.1, 0.15) is 33.1 Å². The molecule has 0 spiro atoms. The fourth-order valence-corrected chi connectivity index (χ4v) is 4.59. The van der Waals surface area contributed by atoms with E-state index in [2.05, 4.69) is 71.5 Å². The fourth-order valence-electron chi connectivity index (χ4n) is 3.24. The van der Waals surface area contributed by atoms with Crippen molar-refractivity contribution in [2.24, 2.45) is 0 Å². The molecule has 1 aromatic carbocycles. The first-order valence-corrected chi connectivity index (χ1v) is 9.49. The van der Waals surface area contributed by atoms with Gasteiger partial charge in [-0.1, -0.05) is 23.8 Å². The first-order valence-electron chi connectivity index (χ1n) is 8.27. The van der Waals surface area contributed by atoms with Crippen LogP contribution in [0.5, 0.6) is 0 Å². The summed E-state index contributed by atoms with van der Waals surface area (Å²) in [4.78, 5) is 9.39. The quantitative estimate of drug-likeness (QED) is 0.666. The SMILES string of the molecule is Cc1ccc(N2C(=S)N[C@@H](c3ccccn3)[C@H]2c2ccc(C)s2)cc1. The number of nitrogens with zero attached hydrogens (tertiary/aromatic N) is 2. The molecule has 0 unspecified atom stereocenters. The highest BCUT2D eigenvalue weighted by molar-refractivity contribution is 7.80. The lowest BCUT2D eigenvalue weighted by Crippen LogP contribution is -2.29. The molecule has 3 aromatic rings. The van der Waals surface area contributed by atoms with Gasteiger partial charge in [0, 0.05) is 21.6 Å². The maximum atomic E-state index is 5.71. The smallest absolute Gasteiger partial charge is 0.174 e. The summed E-state index contributed by atoms with van der Waals surface area (Å²) >= 11 is 7.53. The number of thiophene rings is 1. The van der Waals surface area contributed by atoms with Crippen LogP contribution in [0.4, 0.5) is 5.69 Å². The topological polar surface area (TPSA) is 28.2 Å². The number of pyridine rings is 1. The molecule has 1 fully saturated rings. The third-order valence-corrected chi connectivity index (χ3v) is 5.85. The van der Waals surface area contributed by atoms with Crippen molar-refractivity contribution in [2.45, 2.75) is 25.9 Å². The standard InChI is InChI=1S/C20H19N3S2/c1-13-6-9-15(10-7-13)23-19(17-11-8-14(2)25-17)18(22-20(23)24)16-5-3-4-12-21-16/h3-12,18-19H,1-2H3,(H,22,24)/t18-,19+/m0/s1. The summed E-state index contributed by atoms with van der Waals surface area (Å²) in [5.74, 6) is 0. The van der Waals surface area contributed by atoms with Crippen molar-refractivity contribution in [1.29, 1.82) is 0 Å². The van der Waals surface area contributed by atoms with Crippen molar-refractivity contribution >= 4 is 34.4 Å². The number of nitrogens with one attached hydrogen (secondary N) is 1. The monoisotopic (exact) mass is 365 g/mol. The molecule has 0 bridgehead atoms. The molecule has 4 rings (SSSR count). The minimum Gasteiger partial charge on any atom is -0.351 e. The van der Waals surface area contributed by atoms with Crippen LogP contribution >= 0.6 is 23.6 Å². The van der Waals surface area contributed by atoms with E-state index in [1.54, 1.807) is 0 Å². The molecule has 2 atom stereocenters. The molecule has 0 radical (unpaired) electrons. The van der Waals surface area contributed by atoms with E-state index in [0.717, 1.165) is 16.5 Å². The van der Waals surface area contributed by atoms with E-state index in [4.69, 9.17) is 12.2 Å². The highest BCUT2D eigenvalue weighted by atomic mass is 32.1. The van der Waals surface area contributed by atoms with Gasteiger partial charge in [-0.15, -0.1) is 11.3 Å². The maximum absolute atomic E-state index is 5.71. The van der Waals surface area contributed by atoms with E-state index >= 15 is 0 Å². The molecule has 1 aliphatic heterocycles. The van der Waals surface area contributed by atoms with Gasteiger partial charge in [0.2, 0.25) is 0 Å². The predicted octanol–water partition coefficient (Wildman–Crippen LogP) is 4.94. The lowest BCUT2D eigenvalue weighted by Gasteiger charge is -2.27. The molecule has 1 aliphatic rings. The Morgan fingerprint density at radius 2 is 1.84 bits per heavy atom. The fraction of sp³-hybridized carbons (Fsp3) is 0.200. The Bertz CT molecular complexity index is 887. The Morgan fingerprint density at radius 3 is 2.48 bits per heavy atom. The van der Waals surface area contributed by atoms with Crippen LogP contribution in [0.25, 0.3) is 0 Å². The van der Waals surface area contributed by atoms with Crippen LogP contribution in [-0.4, -0.2) is 10.1 Å². The zero-order chi connectivity index (χ0) is 17.4. The van der Waals surface area contributed by atoms with Crippen molar-refractivity contribution in [3.8, 4) is 0 Å². The van der Waals surface area contributed by atoms with E-state index in [1.165, 1.54) is 15.3 Å². The molecular formula is C20H19N3S2. The minimum absolute atomic E-state index is 0.0352. The number of rotatable bonds is 3. The third kappa shape index (κ3) is 3.05. The van der Waals surface area contributed by atoms with Gasteiger partial charge in [0.25, 0.3) is 0 Å². The second-order valence-electron chi connectivity index (χ2n) is 6.28. The largest absolute Gasteiger partial charge is 0.351 e. The molecule has 25 heavy (non-hydrogen) atoms.